The Bertz CT molecular complexity index is 1080. The van der Waals surface area contributed by atoms with Gasteiger partial charge in [0.15, 0.2) is 11.5 Å². The maximum Gasteiger partial charge on any atom is 0.348 e. The molecule has 0 aliphatic heterocycles. The molecule has 3 aromatic heterocycles. The van der Waals surface area contributed by atoms with Crippen molar-refractivity contribution in [3.63, 3.8) is 0 Å². The average molecular weight is 397 g/mol. The minimum atomic E-state index is -0.313. The van der Waals surface area contributed by atoms with Gasteiger partial charge in [-0.2, -0.15) is 0 Å². The Morgan fingerprint density at radius 1 is 1.25 bits per heavy atom. The standard InChI is InChI=1S/C21H24N4O2S/c1-11-16-18-23-15(9-21-6-12-3-13(7-21)5-14(4-12)8-21)24-25(18)10-22-19(16)28-17(11)20(26)27-2/h10,12-14H,3-9H2,1-2H3. The molecule has 0 N–H and O–H groups in total. The van der Waals surface area contributed by atoms with Crippen LogP contribution in [-0.4, -0.2) is 32.7 Å². The van der Waals surface area contributed by atoms with Crippen molar-refractivity contribution in [1.29, 1.82) is 0 Å². The first-order chi connectivity index (χ1) is 13.5. The Morgan fingerprint density at radius 3 is 2.57 bits per heavy atom. The van der Waals surface area contributed by atoms with Crippen molar-refractivity contribution < 1.29 is 9.53 Å². The summed E-state index contributed by atoms with van der Waals surface area (Å²) in [6.07, 6.45) is 11.1. The Balaban J connectivity index is 1.41. The van der Waals surface area contributed by atoms with Crippen molar-refractivity contribution in [2.24, 2.45) is 23.2 Å². The van der Waals surface area contributed by atoms with E-state index in [0.717, 1.165) is 51.4 Å². The molecule has 0 atom stereocenters. The highest BCUT2D eigenvalue weighted by molar-refractivity contribution is 7.20. The summed E-state index contributed by atoms with van der Waals surface area (Å²) in [6, 6.07) is 0. The zero-order valence-corrected chi connectivity index (χ0v) is 17.1. The van der Waals surface area contributed by atoms with Crippen LogP contribution in [0.3, 0.4) is 0 Å². The number of thiophene rings is 1. The van der Waals surface area contributed by atoms with Crippen LogP contribution in [0.4, 0.5) is 0 Å². The number of esters is 1. The predicted molar refractivity (Wildman–Crippen MR) is 107 cm³/mol. The number of fused-ring (bicyclic) bond motifs is 3. The van der Waals surface area contributed by atoms with Gasteiger partial charge in [-0.1, -0.05) is 0 Å². The maximum atomic E-state index is 12.1. The highest BCUT2D eigenvalue weighted by Gasteiger charge is 2.51. The van der Waals surface area contributed by atoms with E-state index >= 15 is 0 Å². The van der Waals surface area contributed by atoms with Gasteiger partial charge in [0.05, 0.1) is 12.5 Å². The number of nitrogens with zero attached hydrogens (tertiary/aromatic N) is 4. The lowest BCUT2D eigenvalue weighted by Gasteiger charge is -2.56. The minimum absolute atomic E-state index is 0.313. The summed E-state index contributed by atoms with van der Waals surface area (Å²) >= 11 is 1.37. The Morgan fingerprint density at radius 2 is 1.93 bits per heavy atom. The summed E-state index contributed by atoms with van der Waals surface area (Å²) in [5.74, 6) is 3.41. The van der Waals surface area contributed by atoms with Crippen LogP contribution in [0, 0.1) is 30.1 Å². The van der Waals surface area contributed by atoms with E-state index < -0.39 is 0 Å². The first kappa shape index (κ1) is 16.9. The fraction of sp³-hybridized carbons (Fsp3) is 0.619. The smallest absolute Gasteiger partial charge is 0.348 e. The third-order valence-electron chi connectivity index (χ3n) is 7.38. The van der Waals surface area contributed by atoms with Crippen molar-refractivity contribution in [3.8, 4) is 0 Å². The van der Waals surface area contributed by atoms with Gasteiger partial charge in [-0.25, -0.2) is 19.3 Å². The molecule has 7 heteroatoms. The number of carbonyl (C=O) groups is 1. The minimum Gasteiger partial charge on any atom is -0.465 e. The normalized spacial score (nSPS) is 31.1. The van der Waals surface area contributed by atoms with E-state index in [1.165, 1.54) is 57.0 Å². The van der Waals surface area contributed by atoms with Gasteiger partial charge in [-0.15, -0.1) is 16.4 Å². The highest BCUT2D eigenvalue weighted by Crippen LogP contribution is 2.60. The summed E-state index contributed by atoms with van der Waals surface area (Å²) in [5.41, 5.74) is 2.11. The molecular weight excluding hydrogens is 372 g/mol. The Hall–Kier alpha value is -2.02. The second kappa shape index (κ2) is 5.75. The monoisotopic (exact) mass is 396 g/mol. The molecule has 6 nitrogen and oxygen atoms in total. The van der Waals surface area contributed by atoms with Crippen LogP contribution in [0.1, 0.15) is 59.6 Å². The van der Waals surface area contributed by atoms with Crippen molar-refractivity contribution in [2.45, 2.75) is 51.9 Å². The zero-order valence-electron chi connectivity index (χ0n) is 16.3. The van der Waals surface area contributed by atoms with E-state index in [1.54, 1.807) is 10.8 Å². The van der Waals surface area contributed by atoms with Gasteiger partial charge in [0.2, 0.25) is 0 Å². The fourth-order valence-electron chi connectivity index (χ4n) is 6.78. The van der Waals surface area contributed by atoms with Gasteiger partial charge in [-0.3, -0.25) is 0 Å². The zero-order chi connectivity index (χ0) is 19.0. The molecule has 4 fully saturated rings. The summed E-state index contributed by atoms with van der Waals surface area (Å²) in [6.45, 7) is 1.94. The van der Waals surface area contributed by atoms with Gasteiger partial charge >= 0.3 is 5.97 Å². The molecule has 4 aliphatic carbocycles. The number of aromatic nitrogens is 4. The van der Waals surface area contributed by atoms with E-state index in [9.17, 15) is 4.79 Å². The Kier molecular flexibility index (Phi) is 3.47. The van der Waals surface area contributed by atoms with E-state index in [2.05, 4.69) is 4.98 Å². The number of methoxy groups -OCH3 is 1. The molecule has 0 saturated heterocycles. The van der Waals surface area contributed by atoms with Crippen molar-refractivity contribution >= 4 is 33.2 Å². The maximum absolute atomic E-state index is 12.1. The molecule has 0 spiro atoms. The fourth-order valence-corrected chi connectivity index (χ4v) is 7.84. The van der Waals surface area contributed by atoms with Gasteiger partial charge in [0.1, 0.15) is 16.0 Å². The molecule has 146 valence electrons. The van der Waals surface area contributed by atoms with Gasteiger partial charge in [0.25, 0.3) is 0 Å². The Labute approximate surface area is 167 Å². The molecule has 0 radical (unpaired) electrons. The summed E-state index contributed by atoms with van der Waals surface area (Å²) in [4.78, 5) is 23.0. The first-order valence-electron chi connectivity index (χ1n) is 10.3. The number of carbonyl (C=O) groups excluding carboxylic acids is 1. The number of hydrogen-bond donors (Lipinski definition) is 0. The number of rotatable bonds is 3. The van der Waals surface area contributed by atoms with E-state index in [1.807, 2.05) is 6.92 Å². The van der Waals surface area contributed by atoms with Crippen LogP contribution in [0.25, 0.3) is 15.9 Å². The van der Waals surface area contributed by atoms with Crippen LogP contribution < -0.4 is 0 Å². The number of aryl methyl sites for hydroxylation is 1. The van der Waals surface area contributed by atoms with Crippen LogP contribution in [0.2, 0.25) is 0 Å². The highest BCUT2D eigenvalue weighted by atomic mass is 32.1. The van der Waals surface area contributed by atoms with Crippen LogP contribution in [-0.2, 0) is 11.2 Å². The quantitative estimate of drug-likeness (QED) is 0.621. The molecule has 3 heterocycles. The third-order valence-corrected chi connectivity index (χ3v) is 8.56. The molecule has 0 unspecified atom stereocenters. The van der Waals surface area contributed by atoms with Crippen LogP contribution in [0.15, 0.2) is 6.33 Å². The van der Waals surface area contributed by atoms with Crippen molar-refractivity contribution in [2.75, 3.05) is 7.11 Å². The molecule has 3 aromatic rings. The first-order valence-corrected chi connectivity index (χ1v) is 11.1. The van der Waals surface area contributed by atoms with Gasteiger partial charge in [-0.05, 0) is 74.2 Å². The molecule has 28 heavy (non-hydrogen) atoms. The SMILES string of the molecule is COC(=O)c1sc2ncn3nc(CC45CC6CC(CC(C6)C4)C5)nc3c2c1C. The summed E-state index contributed by atoms with van der Waals surface area (Å²) < 4.78 is 6.71. The third kappa shape index (κ3) is 2.38. The van der Waals surface area contributed by atoms with Gasteiger partial charge in [0, 0.05) is 6.42 Å². The summed E-state index contributed by atoms with van der Waals surface area (Å²) in [7, 11) is 1.41. The second-order valence-electron chi connectivity index (χ2n) is 9.36. The topological polar surface area (TPSA) is 69.4 Å². The molecule has 4 aliphatic rings. The average Bonchev–Trinajstić information content (AvgIpc) is 3.19. The number of ether oxygens (including phenoxy) is 1. The second-order valence-corrected chi connectivity index (χ2v) is 10.4. The van der Waals surface area contributed by atoms with Crippen LogP contribution >= 0.6 is 11.3 Å². The molecular formula is C21H24N4O2S. The van der Waals surface area contributed by atoms with E-state index in [4.69, 9.17) is 14.8 Å². The van der Waals surface area contributed by atoms with Crippen molar-refractivity contribution in [3.05, 3.63) is 22.6 Å². The lowest BCUT2D eigenvalue weighted by atomic mass is 9.49. The van der Waals surface area contributed by atoms with E-state index in [0.29, 0.717) is 10.3 Å². The van der Waals surface area contributed by atoms with Crippen molar-refractivity contribution in [1.82, 2.24) is 19.6 Å². The lowest BCUT2D eigenvalue weighted by Crippen LogP contribution is -2.47. The summed E-state index contributed by atoms with van der Waals surface area (Å²) in [5, 5.41) is 5.71. The van der Waals surface area contributed by atoms with Gasteiger partial charge < -0.3 is 4.74 Å². The predicted octanol–water partition coefficient (Wildman–Crippen LogP) is 4.19. The molecule has 4 bridgehead atoms. The lowest BCUT2D eigenvalue weighted by molar-refractivity contribution is -0.0531. The largest absolute Gasteiger partial charge is 0.465 e. The molecule has 0 aromatic carbocycles. The van der Waals surface area contributed by atoms with Crippen LogP contribution in [0.5, 0.6) is 0 Å². The molecule has 0 amide bonds. The number of hydrogen-bond acceptors (Lipinski definition) is 6. The van der Waals surface area contributed by atoms with E-state index in [-0.39, 0.29) is 5.97 Å². The molecule has 7 rings (SSSR count). The molecule has 4 saturated carbocycles.